The van der Waals surface area contributed by atoms with Gasteiger partial charge in [0.2, 0.25) is 10.0 Å². The van der Waals surface area contributed by atoms with Crippen LogP contribution in [0.3, 0.4) is 0 Å². The second kappa shape index (κ2) is 6.02. The fourth-order valence-electron chi connectivity index (χ4n) is 2.26. The van der Waals surface area contributed by atoms with Crippen molar-refractivity contribution >= 4 is 31.9 Å². The van der Waals surface area contributed by atoms with Gasteiger partial charge in [0.1, 0.15) is 5.82 Å². The molecular weight excluding hydrogens is 363 g/mol. The molecule has 1 aromatic carbocycles. The summed E-state index contributed by atoms with van der Waals surface area (Å²) >= 11 is 2.93. The lowest BCUT2D eigenvalue weighted by Crippen LogP contribution is -2.41. The molecule has 1 aromatic rings. The SMILES string of the molecule is CC(NC(=O)c1cc(S(N)(=O)=O)c(Br)cc1F)C1CCC1. The van der Waals surface area contributed by atoms with E-state index in [1.54, 1.807) is 0 Å². The summed E-state index contributed by atoms with van der Waals surface area (Å²) < 4.78 is 36.7. The number of primary sulfonamides is 1. The van der Waals surface area contributed by atoms with Crippen molar-refractivity contribution in [2.75, 3.05) is 0 Å². The van der Waals surface area contributed by atoms with Crippen molar-refractivity contribution in [1.29, 1.82) is 0 Å². The number of amides is 1. The fraction of sp³-hybridized carbons (Fsp3) is 0.462. The Morgan fingerprint density at radius 2 is 2.10 bits per heavy atom. The lowest BCUT2D eigenvalue weighted by atomic mass is 9.80. The Balaban J connectivity index is 2.28. The molecule has 1 atom stereocenters. The molecule has 5 nitrogen and oxygen atoms in total. The first kappa shape index (κ1) is 16.4. The molecule has 1 fully saturated rings. The summed E-state index contributed by atoms with van der Waals surface area (Å²) in [5.41, 5.74) is -0.326. The molecule has 8 heteroatoms. The maximum Gasteiger partial charge on any atom is 0.254 e. The van der Waals surface area contributed by atoms with Gasteiger partial charge in [-0.25, -0.2) is 17.9 Å². The Morgan fingerprint density at radius 3 is 2.57 bits per heavy atom. The molecule has 0 spiro atoms. The van der Waals surface area contributed by atoms with E-state index < -0.39 is 21.7 Å². The smallest absolute Gasteiger partial charge is 0.254 e. The van der Waals surface area contributed by atoms with Crippen molar-refractivity contribution in [2.24, 2.45) is 11.1 Å². The van der Waals surface area contributed by atoms with Crippen molar-refractivity contribution in [3.63, 3.8) is 0 Å². The molecule has 2 rings (SSSR count). The maximum absolute atomic E-state index is 13.9. The highest BCUT2D eigenvalue weighted by Crippen LogP contribution is 2.30. The zero-order chi connectivity index (χ0) is 15.8. The van der Waals surface area contributed by atoms with E-state index in [1.807, 2.05) is 6.92 Å². The minimum absolute atomic E-state index is 0.00825. The Bertz CT molecular complexity index is 674. The van der Waals surface area contributed by atoms with Crippen LogP contribution >= 0.6 is 15.9 Å². The second-order valence-electron chi connectivity index (χ2n) is 5.26. The number of halogens is 2. The minimum atomic E-state index is -4.04. The van der Waals surface area contributed by atoms with Crippen LogP contribution in [0.4, 0.5) is 4.39 Å². The number of hydrogen-bond acceptors (Lipinski definition) is 3. The maximum atomic E-state index is 13.9. The first-order valence-electron chi connectivity index (χ1n) is 6.53. The lowest BCUT2D eigenvalue weighted by Gasteiger charge is -2.31. The second-order valence-corrected chi connectivity index (χ2v) is 7.64. The van der Waals surface area contributed by atoms with Crippen molar-refractivity contribution in [3.8, 4) is 0 Å². The first-order valence-corrected chi connectivity index (χ1v) is 8.87. The van der Waals surface area contributed by atoms with Crippen LogP contribution in [-0.2, 0) is 10.0 Å². The molecule has 0 bridgehead atoms. The summed E-state index contributed by atoms with van der Waals surface area (Å²) in [6, 6.07) is 1.81. The number of hydrogen-bond donors (Lipinski definition) is 2. The van der Waals surface area contributed by atoms with Gasteiger partial charge in [-0.2, -0.15) is 0 Å². The lowest BCUT2D eigenvalue weighted by molar-refractivity contribution is 0.0905. The number of nitrogens with two attached hydrogens (primary N) is 1. The van der Waals surface area contributed by atoms with Gasteiger partial charge in [0, 0.05) is 10.5 Å². The monoisotopic (exact) mass is 378 g/mol. The average molecular weight is 379 g/mol. The summed E-state index contributed by atoms with van der Waals surface area (Å²) in [6.45, 7) is 1.86. The third kappa shape index (κ3) is 3.61. The molecule has 116 valence electrons. The molecule has 0 saturated heterocycles. The molecule has 1 saturated carbocycles. The van der Waals surface area contributed by atoms with Crippen molar-refractivity contribution < 1.29 is 17.6 Å². The summed E-state index contributed by atoms with van der Waals surface area (Å²) in [7, 11) is -4.04. The predicted molar refractivity (Wildman–Crippen MR) is 79.7 cm³/mol. The molecule has 1 aliphatic carbocycles. The van der Waals surface area contributed by atoms with Crippen LogP contribution in [0, 0.1) is 11.7 Å². The highest BCUT2D eigenvalue weighted by atomic mass is 79.9. The third-order valence-electron chi connectivity index (χ3n) is 3.79. The van der Waals surface area contributed by atoms with E-state index in [0.717, 1.165) is 31.4 Å². The summed E-state index contributed by atoms with van der Waals surface area (Å²) in [5.74, 6) is -1.04. The van der Waals surface area contributed by atoms with Gasteiger partial charge in [0.15, 0.2) is 0 Å². The highest BCUT2D eigenvalue weighted by Gasteiger charge is 2.27. The Kier molecular flexibility index (Phi) is 4.69. The molecule has 1 unspecified atom stereocenters. The van der Waals surface area contributed by atoms with E-state index in [1.165, 1.54) is 0 Å². The van der Waals surface area contributed by atoms with Crippen LogP contribution in [0.2, 0.25) is 0 Å². The normalized spacial score (nSPS) is 17.1. The van der Waals surface area contributed by atoms with Gasteiger partial charge in [0.25, 0.3) is 5.91 Å². The highest BCUT2D eigenvalue weighted by molar-refractivity contribution is 9.10. The zero-order valence-electron chi connectivity index (χ0n) is 11.4. The number of carbonyl (C=O) groups excluding carboxylic acids is 1. The predicted octanol–water partition coefficient (Wildman–Crippen LogP) is 2.15. The zero-order valence-corrected chi connectivity index (χ0v) is 13.8. The largest absolute Gasteiger partial charge is 0.349 e. The minimum Gasteiger partial charge on any atom is -0.349 e. The van der Waals surface area contributed by atoms with Gasteiger partial charge in [-0.1, -0.05) is 6.42 Å². The fourth-order valence-corrected chi connectivity index (χ4v) is 3.87. The topological polar surface area (TPSA) is 89.3 Å². The van der Waals surface area contributed by atoms with Gasteiger partial charge >= 0.3 is 0 Å². The van der Waals surface area contributed by atoms with Gasteiger partial charge in [-0.3, -0.25) is 4.79 Å². The summed E-state index contributed by atoms with van der Waals surface area (Å²) in [5, 5.41) is 7.75. The molecule has 3 N–H and O–H groups in total. The molecular formula is C13H16BrFN2O3S. The third-order valence-corrected chi connectivity index (χ3v) is 5.66. The molecule has 0 heterocycles. The number of sulfonamides is 1. The number of benzene rings is 1. The molecule has 1 aliphatic rings. The Morgan fingerprint density at radius 1 is 1.48 bits per heavy atom. The Hall–Kier alpha value is -0.990. The van der Waals surface area contributed by atoms with Crippen LogP contribution in [0.15, 0.2) is 21.5 Å². The van der Waals surface area contributed by atoms with Crippen LogP contribution in [-0.4, -0.2) is 20.4 Å². The number of nitrogens with one attached hydrogen (secondary N) is 1. The molecule has 21 heavy (non-hydrogen) atoms. The molecule has 0 aromatic heterocycles. The van der Waals surface area contributed by atoms with E-state index >= 15 is 0 Å². The van der Waals surface area contributed by atoms with Gasteiger partial charge in [0.05, 0.1) is 10.5 Å². The van der Waals surface area contributed by atoms with E-state index in [2.05, 4.69) is 21.2 Å². The number of carbonyl (C=O) groups is 1. The molecule has 0 aliphatic heterocycles. The van der Waals surface area contributed by atoms with Crippen molar-refractivity contribution in [1.82, 2.24) is 5.32 Å². The van der Waals surface area contributed by atoms with Crippen LogP contribution in [0.1, 0.15) is 36.5 Å². The van der Waals surface area contributed by atoms with Gasteiger partial charge in [-0.15, -0.1) is 0 Å². The quantitative estimate of drug-likeness (QED) is 0.840. The first-order chi connectivity index (χ1) is 9.70. The Labute approximate surface area is 131 Å². The standard InChI is InChI=1S/C13H16BrFN2O3S/c1-7(8-3-2-4-8)17-13(18)9-5-12(21(16,19)20)10(14)6-11(9)15/h5-8H,2-4H2,1H3,(H,17,18)(H2,16,19,20). The summed E-state index contributed by atoms with van der Waals surface area (Å²) in [4.78, 5) is 11.8. The molecule has 0 radical (unpaired) electrons. The average Bonchev–Trinajstić information content (AvgIpc) is 2.23. The van der Waals surface area contributed by atoms with E-state index in [0.29, 0.717) is 5.92 Å². The van der Waals surface area contributed by atoms with Crippen molar-refractivity contribution in [3.05, 3.63) is 28.0 Å². The summed E-state index contributed by atoms with van der Waals surface area (Å²) in [6.07, 6.45) is 3.20. The van der Waals surface area contributed by atoms with E-state index in [9.17, 15) is 17.6 Å². The van der Waals surface area contributed by atoms with Crippen LogP contribution in [0.25, 0.3) is 0 Å². The van der Waals surface area contributed by atoms with E-state index in [4.69, 9.17) is 5.14 Å². The van der Waals surface area contributed by atoms with Crippen LogP contribution in [0.5, 0.6) is 0 Å². The van der Waals surface area contributed by atoms with E-state index in [-0.39, 0.29) is 21.0 Å². The van der Waals surface area contributed by atoms with Crippen molar-refractivity contribution in [2.45, 2.75) is 37.1 Å². The molecule has 1 amide bonds. The van der Waals surface area contributed by atoms with Crippen LogP contribution < -0.4 is 10.5 Å². The van der Waals surface area contributed by atoms with Gasteiger partial charge in [-0.05, 0) is 53.7 Å². The van der Waals surface area contributed by atoms with Gasteiger partial charge < -0.3 is 5.32 Å². The number of rotatable bonds is 4.